The number of rotatable bonds is 85. The molecule has 0 unspecified atom stereocenters. The molecule has 764 valence electrons. The van der Waals surface area contributed by atoms with Gasteiger partial charge in [0.05, 0.1) is 6.04 Å². The van der Waals surface area contributed by atoms with Crippen LogP contribution in [0.3, 0.4) is 0 Å². The molecule has 0 aromatic rings. The van der Waals surface area contributed by atoms with E-state index < -0.39 is 179 Å². The summed E-state index contributed by atoms with van der Waals surface area (Å²) in [6, 6.07) is -19.3. The van der Waals surface area contributed by atoms with Crippen molar-refractivity contribution in [2.75, 3.05) is 91.6 Å². The van der Waals surface area contributed by atoms with E-state index in [9.17, 15) is 77.0 Å². The normalized spacial score (nSPS) is 14.7. The van der Waals surface area contributed by atoms with Crippen LogP contribution in [0.1, 0.15) is 277 Å². The molecule has 14 amide bonds. The number of nitrogens with two attached hydrogens (primary N) is 15. The molecule has 0 fully saturated rings. The van der Waals surface area contributed by atoms with Gasteiger partial charge in [-0.15, -0.1) is 0 Å². The van der Waals surface area contributed by atoms with Crippen molar-refractivity contribution in [2.24, 2.45) is 86.0 Å². The molecular formula is C87H175N29O16. The Hall–Kier alpha value is -8.55. The van der Waals surface area contributed by atoms with Gasteiger partial charge in [-0.2, -0.15) is 0 Å². The number of carboxylic acid groups (broad SMARTS) is 1. The van der Waals surface area contributed by atoms with Crippen molar-refractivity contribution in [3.05, 3.63) is 0 Å². The summed E-state index contributed by atoms with van der Waals surface area (Å²) in [6.07, 6.45) is 11.3. The maximum Gasteiger partial charge on any atom is 0.326 e. The average molecular weight is 1880 g/mol. The fourth-order valence-corrected chi connectivity index (χ4v) is 14.5. The van der Waals surface area contributed by atoms with Crippen LogP contribution in [0.15, 0.2) is 0 Å². The molecule has 15 atom stereocenters. The van der Waals surface area contributed by atoms with Crippen LogP contribution >= 0.6 is 0 Å². The van der Waals surface area contributed by atoms with E-state index in [0.717, 1.165) is 0 Å². The second-order valence-corrected chi connectivity index (χ2v) is 34.0. The first-order chi connectivity index (χ1) is 63.4. The zero-order chi connectivity index (χ0) is 98.8. The molecule has 45 heteroatoms. The molecule has 0 aromatic heterocycles. The highest BCUT2D eigenvalue weighted by Gasteiger charge is 2.39. The van der Waals surface area contributed by atoms with Crippen LogP contribution in [0.5, 0.6) is 0 Å². The van der Waals surface area contributed by atoms with Crippen LogP contribution in [0.2, 0.25) is 0 Å². The minimum absolute atomic E-state index is 0.00757. The van der Waals surface area contributed by atoms with E-state index in [2.05, 4.69) is 74.4 Å². The number of aliphatic carboxylic acids is 1. The van der Waals surface area contributed by atoms with Crippen molar-refractivity contribution in [2.45, 2.75) is 367 Å². The fourth-order valence-electron chi connectivity index (χ4n) is 14.5. The number of amides is 14. The highest BCUT2D eigenvalue weighted by molar-refractivity contribution is 6.00. The second kappa shape index (κ2) is 78.7. The van der Waals surface area contributed by atoms with E-state index >= 15 is 0 Å². The molecular weight excluding hydrogens is 1710 g/mol. The molecule has 0 aliphatic carbocycles. The quantitative estimate of drug-likeness (QED) is 0.0252. The van der Waals surface area contributed by atoms with E-state index in [1.807, 2.05) is 0 Å². The Morgan fingerprint density at radius 2 is 0.242 bits per heavy atom. The minimum atomic E-state index is -1.38. The van der Waals surface area contributed by atoms with Gasteiger partial charge in [-0.1, -0.05) is 0 Å². The Bertz CT molecular complexity index is 3190. The van der Waals surface area contributed by atoms with Crippen LogP contribution in [-0.4, -0.2) is 276 Å². The fraction of sp³-hybridized carbons (Fsp3) is 0.828. The Balaban J connectivity index is 7.69. The number of carboxylic acids is 1. The summed E-state index contributed by atoms with van der Waals surface area (Å²) in [5, 5.41) is 48.6. The third-order valence-corrected chi connectivity index (χ3v) is 22.5. The van der Waals surface area contributed by atoms with Crippen molar-refractivity contribution < 1.29 is 77.0 Å². The van der Waals surface area contributed by atoms with Crippen molar-refractivity contribution >= 4 is 88.7 Å². The summed E-state index contributed by atoms with van der Waals surface area (Å²) >= 11 is 0. The predicted molar refractivity (Wildman–Crippen MR) is 509 cm³/mol. The summed E-state index contributed by atoms with van der Waals surface area (Å²) in [4.78, 5) is 216. The zero-order valence-corrected chi connectivity index (χ0v) is 79.0. The minimum Gasteiger partial charge on any atom is -0.480 e. The molecule has 0 aliphatic rings. The van der Waals surface area contributed by atoms with Crippen molar-refractivity contribution in [1.82, 2.24) is 74.4 Å². The van der Waals surface area contributed by atoms with Gasteiger partial charge in [-0.25, -0.2) is 4.79 Å². The summed E-state index contributed by atoms with van der Waals surface area (Å²) in [5.74, 6) is -12.1. The van der Waals surface area contributed by atoms with E-state index in [-0.39, 0.29) is 181 Å². The van der Waals surface area contributed by atoms with E-state index in [0.29, 0.717) is 180 Å². The first-order valence-electron chi connectivity index (χ1n) is 48.5. The van der Waals surface area contributed by atoms with Crippen molar-refractivity contribution in [1.29, 1.82) is 0 Å². The average Bonchev–Trinajstić information content (AvgIpc) is 0.850. The molecule has 0 spiro atoms. The van der Waals surface area contributed by atoms with Gasteiger partial charge in [0.25, 0.3) is 0 Å². The van der Waals surface area contributed by atoms with Crippen LogP contribution in [0, 0.1) is 0 Å². The van der Waals surface area contributed by atoms with Gasteiger partial charge in [0, 0.05) is 0 Å². The van der Waals surface area contributed by atoms with Crippen LogP contribution in [0.25, 0.3) is 0 Å². The predicted octanol–water partition coefficient (Wildman–Crippen LogP) is -5.99. The monoisotopic (exact) mass is 1880 g/mol. The zero-order valence-electron chi connectivity index (χ0n) is 79.0. The topological polar surface area (TPSA) is 835 Å². The van der Waals surface area contributed by atoms with Crippen LogP contribution in [-0.2, 0) is 71.9 Å². The molecule has 0 saturated heterocycles. The van der Waals surface area contributed by atoms with Crippen LogP contribution < -0.4 is 160 Å². The number of hydrogen-bond donors (Lipinski definition) is 30. The van der Waals surface area contributed by atoms with Gasteiger partial charge in [0.2, 0.25) is 82.7 Å². The largest absolute Gasteiger partial charge is 0.480 e. The lowest BCUT2D eigenvalue weighted by Crippen LogP contribution is -2.61. The maximum absolute atomic E-state index is 15.0. The third kappa shape index (κ3) is 56.0. The molecule has 0 saturated carbocycles. The first kappa shape index (κ1) is 123. The molecule has 132 heavy (non-hydrogen) atoms. The van der Waals surface area contributed by atoms with Crippen LogP contribution in [0.4, 0.5) is 0 Å². The lowest BCUT2D eigenvalue weighted by atomic mass is 10.0. The number of nitrogens with one attached hydrogen (secondary N) is 14. The maximum atomic E-state index is 15.0. The highest BCUT2D eigenvalue weighted by Crippen LogP contribution is 2.18. The SMILES string of the molecule is C[C@H](N)C(=O)N[C@@H](CCCCN)C(=O)N[C@@H](CCCCN)C(=O)N[C@@H](CCCCN)C(=O)N[C@@H](CCCCN)C(=O)N[C@@H](CCCCN)C(=O)N[C@@H](CCCCN)C(=O)N[C@@H](CCCCN)C(=O)N[C@@H](CCCCN)C(=O)N[C@@H](CCCCN)C(=O)N[C@@H](CCCCN)C(=O)N[C@@H](CCCCN)C(=O)N[C@@H](CCCCN)C(=O)N[C@@H](CCCCN)C(=O)N[C@@H](CCCCN)C(=O)O. The molecule has 45 N–H and O–H groups in total. The summed E-state index contributed by atoms with van der Waals surface area (Å²) in [7, 11) is 0. The Morgan fingerprint density at radius 1 is 0.159 bits per heavy atom. The molecule has 0 radical (unpaired) electrons. The van der Waals surface area contributed by atoms with Gasteiger partial charge in [-0.3, -0.25) is 67.1 Å². The van der Waals surface area contributed by atoms with Crippen molar-refractivity contribution in [3.63, 3.8) is 0 Å². The Morgan fingerprint density at radius 3 is 0.326 bits per heavy atom. The molecule has 0 aliphatic heterocycles. The Kier molecular flexibility index (Phi) is 73.6. The molecule has 0 heterocycles. The molecule has 0 rings (SSSR count). The smallest absolute Gasteiger partial charge is 0.326 e. The number of carbonyl (C=O) groups excluding carboxylic acids is 14. The van der Waals surface area contributed by atoms with Gasteiger partial charge < -0.3 is 166 Å². The van der Waals surface area contributed by atoms with Gasteiger partial charge in [-0.05, 0) is 368 Å². The first-order valence-corrected chi connectivity index (χ1v) is 48.5. The third-order valence-electron chi connectivity index (χ3n) is 22.5. The second-order valence-electron chi connectivity index (χ2n) is 34.0. The highest BCUT2D eigenvalue weighted by atomic mass is 16.4. The standard InChI is InChI=1S/C87H175N29O16/c1-58(102)73(117)103-59(30-2-16-44-88)74(118)104-60(31-3-17-45-89)75(119)105-61(32-4-18-46-90)76(120)106-62(33-5-19-47-91)77(121)107-63(34-6-20-48-92)78(122)108-64(35-7-21-49-93)79(123)109-65(36-8-22-50-94)80(124)110-66(37-9-23-51-95)81(125)111-67(38-10-24-52-96)82(126)112-68(39-11-25-53-97)83(127)113-69(40-12-26-54-98)84(128)114-70(41-13-27-55-99)85(129)115-71(42-14-28-56-100)86(130)116-72(87(131)132)43-15-29-57-101/h58-72H,2-57,88-102H2,1H3,(H,103,117)(H,104,118)(H,105,119)(H,106,120)(H,107,121)(H,108,122)(H,109,123)(H,110,124)(H,111,125)(H,112,126)(H,113,127)(H,114,128)(H,115,129)(H,116,130)(H,131,132)/t58-,59-,60-,61-,62-,63-,64-,65-,66-,67-,68-,69-,70-,71-,72-/m0/s1. The van der Waals surface area contributed by atoms with Gasteiger partial charge in [0.1, 0.15) is 84.6 Å². The van der Waals surface area contributed by atoms with E-state index in [4.69, 9.17) is 86.0 Å². The lowest BCUT2D eigenvalue weighted by molar-refractivity contribution is -0.142. The lowest BCUT2D eigenvalue weighted by Gasteiger charge is -2.29. The number of hydrogen-bond acceptors (Lipinski definition) is 30. The van der Waals surface area contributed by atoms with Gasteiger partial charge in [0.15, 0.2) is 0 Å². The summed E-state index contributed by atoms with van der Waals surface area (Å²) in [6.45, 7) is 4.79. The molecule has 0 bridgehead atoms. The summed E-state index contributed by atoms with van der Waals surface area (Å²) < 4.78 is 0. The van der Waals surface area contributed by atoms with Crippen molar-refractivity contribution in [3.8, 4) is 0 Å². The van der Waals surface area contributed by atoms with E-state index in [1.54, 1.807) is 0 Å². The number of carbonyl (C=O) groups is 15. The molecule has 45 nitrogen and oxygen atoms in total. The summed E-state index contributed by atoms with van der Waals surface area (Å²) in [5.41, 5.74) is 88.1. The number of unbranched alkanes of at least 4 members (excludes halogenated alkanes) is 14. The van der Waals surface area contributed by atoms with Gasteiger partial charge >= 0.3 is 5.97 Å². The van der Waals surface area contributed by atoms with E-state index in [1.165, 1.54) is 6.92 Å². The molecule has 0 aromatic carbocycles. The Labute approximate surface area is 781 Å².